The number of rotatable bonds is 22. The fraction of sp³-hybridized carbons (Fsp3) is 0.750. The summed E-state index contributed by atoms with van der Waals surface area (Å²) in [5, 5.41) is 0. The van der Waals surface area contributed by atoms with Gasteiger partial charge in [0.15, 0.2) is 0 Å². The molecule has 0 aliphatic carbocycles. The Morgan fingerprint density at radius 3 is 1.37 bits per heavy atom. The molecular weight excluding hydrogens is 490 g/mol. The molecule has 2 heterocycles. The summed E-state index contributed by atoms with van der Waals surface area (Å²) in [6, 6.07) is 3.51. The lowest BCUT2D eigenvalue weighted by Gasteiger charge is -2.23. The van der Waals surface area contributed by atoms with E-state index in [2.05, 4.69) is 22.6 Å². The smallest absolute Gasteiger partial charge is 0.261 e. The first-order valence-corrected chi connectivity index (χ1v) is 16.5. The number of hydrogen-bond acceptors (Lipinski definition) is 5. The summed E-state index contributed by atoms with van der Waals surface area (Å²) < 4.78 is 8.52. The largest absolute Gasteiger partial charge is 0.274 e. The molecule has 3 rings (SSSR count). The molecule has 212 valence electrons. The van der Waals surface area contributed by atoms with Gasteiger partial charge in [0.05, 0.1) is 22.9 Å². The van der Waals surface area contributed by atoms with Crippen LogP contribution in [-0.4, -0.2) is 32.0 Å². The van der Waals surface area contributed by atoms with E-state index in [9.17, 15) is 9.59 Å². The van der Waals surface area contributed by atoms with Crippen molar-refractivity contribution < 1.29 is 9.59 Å². The number of benzene rings is 1. The van der Waals surface area contributed by atoms with E-state index >= 15 is 0 Å². The first-order chi connectivity index (χ1) is 18.7. The topological polar surface area (TPSA) is 63.2 Å². The maximum atomic E-state index is 13.2. The van der Waals surface area contributed by atoms with E-state index in [1.54, 1.807) is 12.1 Å². The Morgan fingerprint density at radius 1 is 0.605 bits per heavy atom. The van der Waals surface area contributed by atoms with Gasteiger partial charge in [0.2, 0.25) is 0 Å². The third-order valence-electron chi connectivity index (χ3n) is 8.22. The molecule has 1 aliphatic heterocycles. The number of hydrogen-bond donors (Lipinski definition) is 0. The number of carbonyl (C=O) groups excluding carboxylic acids is 2. The SMILES string of the molecule is CCCCCCCCCCCCC(CCCCCCCCCC)CN1C(=O)c2cc3nsnc3cc2C1=O. The molecule has 0 N–H and O–H groups in total. The molecule has 1 atom stereocenters. The van der Waals surface area contributed by atoms with Gasteiger partial charge in [0.1, 0.15) is 11.0 Å². The van der Waals surface area contributed by atoms with E-state index in [1.165, 1.54) is 120 Å². The molecule has 0 saturated heterocycles. The maximum Gasteiger partial charge on any atom is 0.261 e. The van der Waals surface area contributed by atoms with Crippen LogP contribution < -0.4 is 0 Å². The van der Waals surface area contributed by atoms with E-state index in [0.29, 0.717) is 34.6 Å². The van der Waals surface area contributed by atoms with Crippen LogP contribution >= 0.6 is 11.7 Å². The van der Waals surface area contributed by atoms with Crippen molar-refractivity contribution in [1.82, 2.24) is 13.6 Å². The predicted octanol–water partition coefficient (Wildman–Crippen LogP) is 9.75. The lowest BCUT2D eigenvalue weighted by molar-refractivity contribution is 0.0621. The van der Waals surface area contributed by atoms with Crippen LogP contribution in [-0.2, 0) is 0 Å². The van der Waals surface area contributed by atoms with Crippen molar-refractivity contribution >= 4 is 34.6 Å². The molecule has 0 fully saturated rings. The number of fused-ring (bicyclic) bond motifs is 2. The summed E-state index contributed by atoms with van der Waals surface area (Å²) in [4.78, 5) is 27.9. The second kappa shape index (κ2) is 17.7. The van der Waals surface area contributed by atoms with Gasteiger partial charge in [0.25, 0.3) is 11.8 Å². The van der Waals surface area contributed by atoms with Gasteiger partial charge >= 0.3 is 0 Å². The van der Waals surface area contributed by atoms with Gasteiger partial charge in [-0.1, -0.05) is 129 Å². The van der Waals surface area contributed by atoms with Gasteiger partial charge in [-0.2, -0.15) is 8.75 Å². The molecule has 2 amide bonds. The number of nitrogens with zero attached hydrogens (tertiary/aromatic N) is 3. The minimum absolute atomic E-state index is 0.149. The highest BCUT2D eigenvalue weighted by Gasteiger charge is 2.37. The minimum Gasteiger partial charge on any atom is -0.274 e. The lowest BCUT2D eigenvalue weighted by Crippen LogP contribution is -2.34. The molecule has 1 unspecified atom stereocenters. The van der Waals surface area contributed by atoms with E-state index in [0.717, 1.165) is 24.6 Å². The van der Waals surface area contributed by atoms with Crippen LogP contribution in [0.15, 0.2) is 12.1 Å². The molecule has 5 nitrogen and oxygen atoms in total. The molecule has 1 aromatic carbocycles. The highest BCUT2D eigenvalue weighted by Crippen LogP contribution is 2.30. The summed E-state index contributed by atoms with van der Waals surface area (Å²) in [7, 11) is 0. The van der Waals surface area contributed by atoms with Gasteiger partial charge < -0.3 is 0 Å². The van der Waals surface area contributed by atoms with Crippen LogP contribution in [0.3, 0.4) is 0 Å². The molecule has 0 spiro atoms. The number of carbonyl (C=O) groups is 2. The van der Waals surface area contributed by atoms with E-state index in [4.69, 9.17) is 0 Å². The minimum atomic E-state index is -0.149. The predicted molar refractivity (Wildman–Crippen MR) is 160 cm³/mol. The number of aromatic nitrogens is 2. The third-order valence-corrected chi connectivity index (χ3v) is 8.77. The zero-order valence-electron chi connectivity index (χ0n) is 24.1. The van der Waals surface area contributed by atoms with E-state index < -0.39 is 0 Å². The van der Waals surface area contributed by atoms with E-state index in [-0.39, 0.29) is 11.8 Å². The molecule has 38 heavy (non-hydrogen) atoms. The highest BCUT2D eigenvalue weighted by molar-refractivity contribution is 7.00. The Kier molecular flexibility index (Phi) is 14.3. The molecular formula is C32H51N3O2S. The second-order valence-corrected chi connectivity index (χ2v) is 12.0. The van der Waals surface area contributed by atoms with Gasteiger partial charge in [0, 0.05) is 6.54 Å². The summed E-state index contributed by atoms with van der Waals surface area (Å²) >= 11 is 1.12. The standard InChI is InChI=1S/C32H51N3O2S/c1-3-5-7-9-11-13-14-16-18-20-22-26(21-19-17-15-12-10-8-6-4-2)25-35-31(36)27-23-29-30(34-38-33-29)24-28(27)32(35)37/h23-24,26H,3-22,25H2,1-2H3. The fourth-order valence-corrected chi connectivity index (χ4v) is 6.32. The highest BCUT2D eigenvalue weighted by atomic mass is 32.1. The van der Waals surface area contributed by atoms with Gasteiger partial charge in [-0.05, 0) is 30.9 Å². The van der Waals surface area contributed by atoms with Crippen molar-refractivity contribution in [1.29, 1.82) is 0 Å². The molecule has 1 aliphatic rings. The average molecular weight is 542 g/mol. The van der Waals surface area contributed by atoms with Crippen molar-refractivity contribution in [2.24, 2.45) is 5.92 Å². The molecule has 0 radical (unpaired) electrons. The van der Waals surface area contributed by atoms with Crippen LogP contribution in [0.5, 0.6) is 0 Å². The molecule has 6 heteroatoms. The summed E-state index contributed by atoms with van der Waals surface area (Å²) in [6.45, 7) is 5.08. The number of unbranched alkanes of at least 4 members (excludes halogenated alkanes) is 16. The van der Waals surface area contributed by atoms with Crippen molar-refractivity contribution in [2.45, 2.75) is 142 Å². The van der Waals surface area contributed by atoms with Crippen LogP contribution in [0.1, 0.15) is 163 Å². The molecule has 1 aromatic heterocycles. The quantitative estimate of drug-likeness (QED) is 0.110. The van der Waals surface area contributed by atoms with Crippen molar-refractivity contribution in [3.05, 3.63) is 23.3 Å². The lowest BCUT2D eigenvalue weighted by atomic mass is 9.93. The van der Waals surface area contributed by atoms with Gasteiger partial charge in [-0.15, -0.1) is 0 Å². The summed E-state index contributed by atoms with van der Waals surface area (Å²) in [5.41, 5.74) is 2.41. The first kappa shape index (κ1) is 30.7. The van der Waals surface area contributed by atoms with Crippen LogP contribution in [0.25, 0.3) is 11.0 Å². The van der Waals surface area contributed by atoms with Gasteiger partial charge in [-0.25, -0.2) is 0 Å². The second-order valence-electron chi connectivity index (χ2n) is 11.5. The summed E-state index contributed by atoms with van der Waals surface area (Å²) in [6.07, 6.45) is 26.0. The van der Waals surface area contributed by atoms with Crippen LogP contribution in [0.4, 0.5) is 0 Å². The zero-order valence-corrected chi connectivity index (χ0v) is 25.0. The van der Waals surface area contributed by atoms with E-state index in [1.807, 2.05) is 0 Å². The zero-order chi connectivity index (χ0) is 27.0. The Labute approximate surface area is 235 Å². The Hall–Kier alpha value is -1.82. The third kappa shape index (κ3) is 9.73. The Morgan fingerprint density at radius 2 is 0.974 bits per heavy atom. The number of amides is 2. The fourth-order valence-electron chi connectivity index (χ4n) is 5.81. The number of imide groups is 1. The van der Waals surface area contributed by atoms with Crippen molar-refractivity contribution in [3.63, 3.8) is 0 Å². The summed E-state index contributed by atoms with van der Waals surface area (Å²) in [5.74, 6) is 0.0934. The molecule has 2 aromatic rings. The van der Waals surface area contributed by atoms with Crippen molar-refractivity contribution in [2.75, 3.05) is 6.54 Å². The Bertz CT molecular complexity index is 923. The van der Waals surface area contributed by atoms with Crippen molar-refractivity contribution in [3.8, 4) is 0 Å². The molecule has 0 saturated carbocycles. The first-order valence-electron chi connectivity index (χ1n) is 15.8. The molecule has 0 bridgehead atoms. The maximum absolute atomic E-state index is 13.2. The van der Waals surface area contributed by atoms with Gasteiger partial charge in [-0.3, -0.25) is 14.5 Å². The Balaban J connectivity index is 1.45. The normalized spacial score (nSPS) is 14.1. The van der Waals surface area contributed by atoms with Crippen LogP contribution in [0.2, 0.25) is 0 Å². The van der Waals surface area contributed by atoms with Crippen LogP contribution in [0, 0.1) is 5.92 Å². The average Bonchev–Trinajstić information content (AvgIpc) is 3.47. The monoisotopic (exact) mass is 541 g/mol.